The number of aryl methyl sites for hydroxylation is 1. The molecule has 1 saturated carbocycles. The summed E-state index contributed by atoms with van der Waals surface area (Å²) in [7, 11) is 0. The average Bonchev–Trinajstić information content (AvgIpc) is 3.46. The normalized spacial score (nSPS) is 13.8. The maximum Gasteiger partial charge on any atom is 0.255 e. The summed E-state index contributed by atoms with van der Waals surface area (Å²) in [4.78, 5) is 31.7. The molecule has 1 amide bonds. The molecule has 0 spiro atoms. The lowest BCUT2D eigenvalue weighted by Gasteiger charge is -2.08. The van der Waals surface area contributed by atoms with Crippen LogP contribution in [-0.4, -0.2) is 25.7 Å². The Labute approximate surface area is 162 Å². The van der Waals surface area contributed by atoms with E-state index in [1.54, 1.807) is 19.9 Å². The fourth-order valence-electron chi connectivity index (χ4n) is 2.86. The van der Waals surface area contributed by atoms with Crippen molar-refractivity contribution in [1.82, 2.24) is 19.7 Å². The molecule has 2 aromatic heterocycles. The first kappa shape index (κ1) is 17.9. The monoisotopic (exact) mass is 375 g/mol. The van der Waals surface area contributed by atoms with Gasteiger partial charge in [-0.15, -0.1) is 0 Å². The van der Waals surface area contributed by atoms with Crippen LogP contribution in [0.4, 0.5) is 5.82 Å². The predicted molar refractivity (Wildman–Crippen MR) is 108 cm³/mol. The van der Waals surface area contributed by atoms with Crippen LogP contribution in [0.25, 0.3) is 12.0 Å². The van der Waals surface area contributed by atoms with Crippen molar-refractivity contribution in [1.29, 1.82) is 0 Å². The smallest absolute Gasteiger partial charge is 0.255 e. The zero-order valence-corrected chi connectivity index (χ0v) is 15.8. The molecule has 7 heteroatoms. The summed E-state index contributed by atoms with van der Waals surface area (Å²) in [6, 6.07) is 11.4. The standard InChI is InChI=1S/C21H21N5O2/c1-13-14(2)22-21(24-20(13)28)26-18(12-17(25-26)16-9-10-16)23-19(27)11-8-15-6-4-3-5-7-15/h3-8,11-12,16H,9-10H2,1-2H3,(H,23,27)(H,22,24,28)/b11-8-. The lowest BCUT2D eigenvalue weighted by atomic mass is 10.2. The van der Waals surface area contributed by atoms with Gasteiger partial charge < -0.3 is 5.32 Å². The minimum absolute atomic E-state index is 0.216. The quantitative estimate of drug-likeness (QED) is 0.670. The Morgan fingerprint density at radius 1 is 1.25 bits per heavy atom. The zero-order valence-electron chi connectivity index (χ0n) is 15.8. The molecule has 0 bridgehead atoms. The molecule has 0 unspecified atom stereocenters. The molecule has 7 nitrogen and oxygen atoms in total. The highest BCUT2D eigenvalue weighted by molar-refractivity contribution is 6.01. The van der Waals surface area contributed by atoms with Crippen LogP contribution in [0.15, 0.2) is 47.3 Å². The number of H-pyrrole nitrogens is 1. The fourth-order valence-corrected chi connectivity index (χ4v) is 2.86. The van der Waals surface area contributed by atoms with Gasteiger partial charge in [0.05, 0.1) is 5.69 Å². The Balaban J connectivity index is 1.64. The minimum Gasteiger partial charge on any atom is -0.307 e. The first-order valence-electron chi connectivity index (χ1n) is 9.23. The fraction of sp³-hybridized carbons (Fsp3) is 0.238. The average molecular weight is 375 g/mol. The summed E-state index contributed by atoms with van der Waals surface area (Å²) in [6.45, 7) is 3.50. The molecule has 0 radical (unpaired) electrons. The van der Waals surface area contributed by atoms with Gasteiger partial charge in [-0.3, -0.25) is 14.6 Å². The van der Waals surface area contributed by atoms with E-state index in [1.165, 1.54) is 10.8 Å². The molecule has 1 aromatic carbocycles. The van der Waals surface area contributed by atoms with Gasteiger partial charge in [-0.25, -0.2) is 4.98 Å². The number of carbonyl (C=O) groups excluding carboxylic acids is 1. The SMILES string of the molecule is Cc1nc(-n2nc(C3CC3)cc2NC(=O)/C=C\c2ccccc2)[nH]c(=O)c1C. The van der Waals surface area contributed by atoms with E-state index in [1.807, 2.05) is 36.4 Å². The highest BCUT2D eigenvalue weighted by Crippen LogP contribution is 2.40. The third-order valence-electron chi connectivity index (χ3n) is 4.78. The Morgan fingerprint density at radius 2 is 2.00 bits per heavy atom. The Kier molecular flexibility index (Phi) is 4.65. The van der Waals surface area contributed by atoms with Gasteiger partial charge in [0.1, 0.15) is 5.82 Å². The van der Waals surface area contributed by atoms with Crippen molar-refractivity contribution >= 4 is 17.8 Å². The van der Waals surface area contributed by atoms with Gasteiger partial charge in [-0.1, -0.05) is 30.3 Å². The lowest BCUT2D eigenvalue weighted by molar-refractivity contribution is -0.111. The number of nitrogens with zero attached hydrogens (tertiary/aromatic N) is 3. The summed E-state index contributed by atoms with van der Waals surface area (Å²) in [5.74, 6) is 0.895. The van der Waals surface area contributed by atoms with E-state index in [2.05, 4.69) is 20.4 Å². The van der Waals surface area contributed by atoms with E-state index in [0.717, 1.165) is 24.1 Å². The maximum atomic E-state index is 12.4. The molecule has 28 heavy (non-hydrogen) atoms. The molecule has 2 N–H and O–H groups in total. The number of hydrogen-bond donors (Lipinski definition) is 2. The second-order valence-corrected chi connectivity index (χ2v) is 6.97. The van der Waals surface area contributed by atoms with Crippen molar-refractivity contribution < 1.29 is 4.79 Å². The second-order valence-electron chi connectivity index (χ2n) is 6.97. The molecule has 1 aliphatic rings. The first-order chi connectivity index (χ1) is 13.5. The summed E-state index contributed by atoms with van der Waals surface area (Å²) in [5.41, 5.74) is 2.80. The van der Waals surface area contributed by atoms with E-state index in [-0.39, 0.29) is 11.5 Å². The maximum absolute atomic E-state index is 12.4. The molecule has 2 heterocycles. The highest BCUT2D eigenvalue weighted by Gasteiger charge is 2.28. The van der Waals surface area contributed by atoms with Crippen molar-refractivity contribution in [2.24, 2.45) is 0 Å². The lowest BCUT2D eigenvalue weighted by Crippen LogP contribution is -2.20. The van der Waals surface area contributed by atoms with E-state index >= 15 is 0 Å². The molecule has 0 aliphatic heterocycles. The molecule has 3 aromatic rings. The van der Waals surface area contributed by atoms with Crippen LogP contribution in [0.5, 0.6) is 0 Å². The van der Waals surface area contributed by atoms with Gasteiger partial charge in [-0.2, -0.15) is 9.78 Å². The van der Waals surface area contributed by atoms with Crippen molar-refractivity contribution in [3.05, 3.63) is 75.3 Å². The molecule has 0 atom stereocenters. The molecular formula is C21H21N5O2. The number of aromatic amines is 1. The van der Waals surface area contributed by atoms with Crippen molar-refractivity contribution in [2.75, 3.05) is 5.32 Å². The van der Waals surface area contributed by atoms with Crippen molar-refractivity contribution in [3.63, 3.8) is 0 Å². The number of rotatable bonds is 5. The van der Waals surface area contributed by atoms with Crippen LogP contribution >= 0.6 is 0 Å². The van der Waals surface area contributed by atoms with E-state index in [0.29, 0.717) is 28.9 Å². The van der Waals surface area contributed by atoms with Crippen LogP contribution in [0.1, 0.15) is 41.3 Å². The van der Waals surface area contributed by atoms with Crippen molar-refractivity contribution in [2.45, 2.75) is 32.6 Å². The minimum atomic E-state index is -0.279. The van der Waals surface area contributed by atoms with E-state index in [4.69, 9.17) is 0 Å². The Morgan fingerprint density at radius 3 is 2.68 bits per heavy atom. The topological polar surface area (TPSA) is 92.7 Å². The number of benzene rings is 1. The first-order valence-corrected chi connectivity index (χ1v) is 9.23. The van der Waals surface area contributed by atoms with E-state index in [9.17, 15) is 9.59 Å². The van der Waals surface area contributed by atoms with Gasteiger partial charge in [0.2, 0.25) is 11.9 Å². The Bertz CT molecular complexity index is 1110. The van der Waals surface area contributed by atoms with Crippen LogP contribution in [-0.2, 0) is 4.79 Å². The van der Waals surface area contributed by atoms with Gasteiger partial charge in [0.25, 0.3) is 5.56 Å². The molecule has 1 fully saturated rings. The van der Waals surface area contributed by atoms with Gasteiger partial charge >= 0.3 is 0 Å². The van der Waals surface area contributed by atoms with Crippen LogP contribution in [0.2, 0.25) is 0 Å². The number of anilines is 1. The predicted octanol–water partition coefficient (Wildman–Crippen LogP) is 3.10. The Hall–Kier alpha value is -3.48. The second kappa shape index (κ2) is 7.26. The third kappa shape index (κ3) is 3.78. The van der Waals surface area contributed by atoms with Gasteiger partial charge in [0, 0.05) is 29.3 Å². The van der Waals surface area contributed by atoms with Crippen LogP contribution in [0.3, 0.4) is 0 Å². The third-order valence-corrected chi connectivity index (χ3v) is 4.78. The van der Waals surface area contributed by atoms with Gasteiger partial charge in [-0.05, 0) is 38.3 Å². The van der Waals surface area contributed by atoms with E-state index < -0.39 is 0 Å². The molecule has 1 aliphatic carbocycles. The number of hydrogen-bond acceptors (Lipinski definition) is 4. The van der Waals surface area contributed by atoms with Crippen LogP contribution in [0, 0.1) is 13.8 Å². The zero-order chi connectivity index (χ0) is 19.7. The number of carbonyl (C=O) groups is 1. The van der Waals surface area contributed by atoms with Crippen molar-refractivity contribution in [3.8, 4) is 5.95 Å². The van der Waals surface area contributed by atoms with Gasteiger partial charge in [0.15, 0.2) is 0 Å². The molecular weight excluding hydrogens is 354 g/mol. The highest BCUT2D eigenvalue weighted by atomic mass is 16.1. The molecule has 0 saturated heterocycles. The number of amides is 1. The summed E-state index contributed by atoms with van der Waals surface area (Å²) in [5, 5.41) is 7.42. The summed E-state index contributed by atoms with van der Waals surface area (Å²) in [6.07, 6.45) is 5.37. The number of aromatic nitrogens is 4. The molecule has 142 valence electrons. The summed E-state index contributed by atoms with van der Waals surface area (Å²) >= 11 is 0. The summed E-state index contributed by atoms with van der Waals surface area (Å²) < 4.78 is 1.50. The molecule has 4 rings (SSSR count). The largest absolute Gasteiger partial charge is 0.307 e. The van der Waals surface area contributed by atoms with Crippen LogP contribution < -0.4 is 10.9 Å². The number of nitrogens with one attached hydrogen (secondary N) is 2.